The van der Waals surface area contributed by atoms with Crippen molar-refractivity contribution in [3.8, 4) is 0 Å². The Labute approximate surface area is 109 Å². The summed E-state index contributed by atoms with van der Waals surface area (Å²) in [5.74, 6) is 0. The minimum atomic E-state index is -3.36. The molecule has 1 aliphatic carbocycles. The number of benzene rings is 1. The lowest BCUT2D eigenvalue weighted by Gasteiger charge is -2.21. The van der Waals surface area contributed by atoms with Gasteiger partial charge in [0.15, 0.2) is 0 Å². The van der Waals surface area contributed by atoms with Gasteiger partial charge in [0.05, 0.1) is 4.90 Å². The number of nitrogens with two attached hydrogens (primary N) is 1. The molecule has 1 saturated carbocycles. The second-order valence-corrected chi connectivity index (χ2v) is 6.76. The van der Waals surface area contributed by atoms with Crippen LogP contribution in [0.1, 0.15) is 31.7 Å². The molecule has 0 aromatic heterocycles. The second kappa shape index (κ2) is 4.90. The third-order valence-electron chi connectivity index (χ3n) is 3.25. The molecule has 4 nitrogen and oxygen atoms in total. The first-order chi connectivity index (χ1) is 8.46. The fraction of sp³-hybridized carbons (Fsp3) is 0.538. The summed E-state index contributed by atoms with van der Waals surface area (Å²) in [7, 11) is -3.36. The molecule has 0 bridgehead atoms. The van der Waals surface area contributed by atoms with Crippen LogP contribution in [0.3, 0.4) is 0 Å². The Balaban J connectivity index is 2.36. The van der Waals surface area contributed by atoms with Crippen molar-refractivity contribution in [1.29, 1.82) is 0 Å². The zero-order chi connectivity index (χ0) is 13.3. The van der Waals surface area contributed by atoms with E-state index in [1.807, 2.05) is 13.8 Å². The molecular weight excluding hydrogens is 248 g/mol. The highest BCUT2D eigenvalue weighted by molar-refractivity contribution is 7.89. The Kier molecular flexibility index (Phi) is 3.64. The minimum Gasteiger partial charge on any atom is -0.399 e. The van der Waals surface area contributed by atoms with E-state index in [9.17, 15) is 8.42 Å². The van der Waals surface area contributed by atoms with Crippen molar-refractivity contribution in [2.75, 3.05) is 12.3 Å². The SMILES string of the molecule is CCCN(C1CC1)S(=O)(=O)c1ccc(N)c(C)c1. The summed E-state index contributed by atoms with van der Waals surface area (Å²) < 4.78 is 26.7. The lowest BCUT2D eigenvalue weighted by molar-refractivity contribution is 0.403. The number of aryl methyl sites for hydroxylation is 1. The zero-order valence-electron chi connectivity index (χ0n) is 10.9. The maximum Gasteiger partial charge on any atom is 0.243 e. The fourth-order valence-corrected chi connectivity index (χ4v) is 3.89. The summed E-state index contributed by atoms with van der Waals surface area (Å²) in [4.78, 5) is 0.356. The Morgan fingerprint density at radius 3 is 2.56 bits per heavy atom. The quantitative estimate of drug-likeness (QED) is 0.832. The van der Waals surface area contributed by atoms with Gasteiger partial charge in [-0.25, -0.2) is 8.42 Å². The van der Waals surface area contributed by atoms with Crippen molar-refractivity contribution in [2.45, 2.75) is 44.0 Å². The average Bonchev–Trinajstić information content (AvgIpc) is 3.13. The van der Waals surface area contributed by atoms with E-state index in [1.54, 1.807) is 22.5 Å². The predicted octanol–water partition coefficient (Wildman–Crippen LogP) is 2.14. The summed E-state index contributed by atoms with van der Waals surface area (Å²) in [6.07, 6.45) is 2.80. The Bertz CT molecular complexity index is 536. The maximum absolute atomic E-state index is 12.6. The van der Waals surface area contributed by atoms with Gasteiger partial charge in [0.2, 0.25) is 10.0 Å². The van der Waals surface area contributed by atoms with E-state index >= 15 is 0 Å². The second-order valence-electron chi connectivity index (χ2n) is 4.87. The van der Waals surface area contributed by atoms with Crippen molar-refractivity contribution >= 4 is 15.7 Å². The molecule has 1 aliphatic rings. The normalized spacial score (nSPS) is 16.2. The largest absolute Gasteiger partial charge is 0.399 e. The third-order valence-corrected chi connectivity index (χ3v) is 5.19. The molecule has 0 radical (unpaired) electrons. The number of nitrogen functional groups attached to an aromatic ring is 1. The van der Waals surface area contributed by atoms with Gasteiger partial charge >= 0.3 is 0 Å². The number of anilines is 1. The first-order valence-electron chi connectivity index (χ1n) is 6.34. The number of sulfonamides is 1. The third kappa shape index (κ3) is 2.52. The Morgan fingerprint density at radius 2 is 2.06 bits per heavy atom. The van der Waals surface area contributed by atoms with Gasteiger partial charge in [-0.1, -0.05) is 6.92 Å². The summed E-state index contributed by atoms with van der Waals surface area (Å²) in [5, 5.41) is 0. The number of rotatable bonds is 5. The van der Waals surface area contributed by atoms with Gasteiger partial charge in [-0.2, -0.15) is 4.31 Å². The maximum atomic E-state index is 12.6. The van der Waals surface area contributed by atoms with Crippen molar-refractivity contribution in [1.82, 2.24) is 4.31 Å². The number of hydrogen-bond donors (Lipinski definition) is 1. The van der Waals surface area contributed by atoms with Gasteiger partial charge in [-0.3, -0.25) is 0 Å². The smallest absolute Gasteiger partial charge is 0.243 e. The molecule has 1 fully saturated rings. The average molecular weight is 268 g/mol. The molecule has 1 aromatic carbocycles. The standard InChI is InChI=1S/C13H20N2O2S/c1-3-8-15(11-4-5-11)18(16,17)12-6-7-13(14)10(2)9-12/h6-7,9,11H,3-5,8,14H2,1-2H3. The van der Waals surface area contributed by atoms with E-state index in [4.69, 9.17) is 5.73 Å². The van der Waals surface area contributed by atoms with E-state index in [-0.39, 0.29) is 6.04 Å². The van der Waals surface area contributed by atoms with Crippen LogP contribution in [-0.2, 0) is 10.0 Å². The van der Waals surface area contributed by atoms with Crippen LogP contribution in [0.5, 0.6) is 0 Å². The highest BCUT2D eigenvalue weighted by Gasteiger charge is 2.37. The molecule has 0 heterocycles. The summed E-state index contributed by atoms with van der Waals surface area (Å²) >= 11 is 0. The predicted molar refractivity (Wildman–Crippen MR) is 72.8 cm³/mol. The van der Waals surface area contributed by atoms with Gasteiger partial charge in [-0.05, 0) is 49.9 Å². The monoisotopic (exact) mass is 268 g/mol. The Morgan fingerprint density at radius 1 is 1.39 bits per heavy atom. The summed E-state index contributed by atoms with van der Waals surface area (Å²) in [5.41, 5.74) is 7.17. The highest BCUT2D eigenvalue weighted by atomic mass is 32.2. The Hall–Kier alpha value is -1.07. The molecule has 2 rings (SSSR count). The molecule has 2 N–H and O–H groups in total. The molecule has 5 heteroatoms. The molecule has 0 unspecified atom stereocenters. The molecule has 0 aliphatic heterocycles. The molecule has 100 valence electrons. The first-order valence-corrected chi connectivity index (χ1v) is 7.78. The van der Waals surface area contributed by atoms with Gasteiger partial charge in [0, 0.05) is 18.3 Å². The summed E-state index contributed by atoms with van der Waals surface area (Å²) in [6.45, 7) is 4.42. The van der Waals surface area contributed by atoms with E-state index in [0.717, 1.165) is 24.8 Å². The van der Waals surface area contributed by atoms with E-state index in [1.165, 1.54) is 0 Å². The molecule has 0 spiro atoms. The van der Waals surface area contributed by atoms with Crippen molar-refractivity contribution in [2.24, 2.45) is 0 Å². The van der Waals surface area contributed by atoms with Crippen molar-refractivity contribution < 1.29 is 8.42 Å². The van der Waals surface area contributed by atoms with Crippen LogP contribution in [-0.4, -0.2) is 25.3 Å². The molecule has 0 amide bonds. The highest BCUT2D eigenvalue weighted by Crippen LogP contribution is 2.32. The van der Waals surface area contributed by atoms with Crippen LogP contribution in [0.25, 0.3) is 0 Å². The van der Waals surface area contributed by atoms with Crippen molar-refractivity contribution in [3.05, 3.63) is 23.8 Å². The van der Waals surface area contributed by atoms with E-state index in [2.05, 4.69) is 0 Å². The van der Waals surface area contributed by atoms with E-state index < -0.39 is 10.0 Å². The first kappa shape index (κ1) is 13.4. The molecule has 0 saturated heterocycles. The molecule has 1 aromatic rings. The van der Waals surface area contributed by atoms with Crippen LogP contribution in [0.2, 0.25) is 0 Å². The lowest BCUT2D eigenvalue weighted by Crippen LogP contribution is -2.33. The zero-order valence-corrected chi connectivity index (χ0v) is 11.7. The van der Waals surface area contributed by atoms with Gasteiger partial charge in [-0.15, -0.1) is 0 Å². The van der Waals surface area contributed by atoms with Crippen molar-refractivity contribution in [3.63, 3.8) is 0 Å². The van der Waals surface area contributed by atoms with Crippen LogP contribution in [0.4, 0.5) is 5.69 Å². The van der Waals surface area contributed by atoms with Crippen LogP contribution < -0.4 is 5.73 Å². The molecule has 18 heavy (non-hydrogen) atoms. The van der Waals surface area contributed by atoms with Crippen LogP contribution in [0, 0.1) is 6.92 Å². The van der Waals surface area contributed by atoms with Crippen LogP contribution >= 0.6 is 0 Å². The molecular formula is C13H20N2O2S. The fourth-order valence-electron chi connectivity index (χ4n) is 2.03. The van der Waals surface area contributed by atoms with Gasteiger partial charge in [0.1, 0.15) is 0 Å². The van der Waals surface area contributed by atoms with E-state index in [0.29, 0.717) is 17.1 Å². The lowest BCUT2D eigenvalue weighted by atomic mass is 10.2. The summed E-state index contributed by atoms with van der Waals surface area (Å²) in [6, 6.07) is 5.13. The van der Waals surface area contributed by atoms with Crippen LogP contribution in [0.15, 0.2) is 23.1 Å². The van der Waals surface area contributed by atoms with Gasteiger partial charge < -0.3 is 5.73 Å². The van der Waals surface area contributed by atoms with Gasteiger partial charge in [0.25, 0.3) is 0 Å². The number of nitrogens with zero attached hydrogens (tertiary/aromatic N) is 1. The number of hydrogen-bond acceptors (Lipinski definition) is 3. The molecule has 0 atom stereocenters. The minimum absolute atomic E-state index is 0.202. The topological polar surface area (TPSA) is 63.4 Å².